The van der Waals surface area contributed by atoms with Gasteiger partial charge < -0.3 is 10.3 Å². The van der Waals surface area contributed by atoms with Crippen molar-refractivity contribution >= 4 is 55.1 Å². The smallest absolute Gasteiger partial charge is 0.266 e. The van der Waals surface area contributed by atoms with E-state index in [1.807, 2.05) is 41.6 Å². The van der Waals surface area contributed by atoms with Crippen LogP contribution in [-0.2, 0) is 0 Å². The Labute approximate surface area is 126 Å². The Morgan fingerprint density at radius 2 is 2.26 bits per heavy atom. The second-order valence-corrected chi connectivity index (χ2v) is 6.12. The van der Waals surface area contributed by atoms with Crippen LogP contribution in [0.2, 0.25) is 0 Å². The van der Waals surface area contributed by atoms with Crippen LogP contribution in [-0.4, -0.2) is 15.0 Å². The summed E-state index contributed by atoms with van der Waals surface area (Å²) < 4.78 is 1.64. The van der Waals surface area contributed by atoms with Gasteiger partial charge in [-0.1, -0.05) is 17.4 Å². The maximum absolute atomic E-state index is 11.5. The van der Waals surface area contributed by atoms with Crippen LogP contribution in [0.4, 0.5) is 10.9 Å². The number of fused-ring (bicyclic) bond motifs is 1. The Bertz CT molecular complexity index is 811. The molecule has 96 valence electrons. The van der Waals surface area contributed by atoms with E-state index < -0.39 is 0 Å². The van der Waals surface area contributed by atoms with Crippen LogP contribution < -0.4 is 10.9 Å². The van der Waals surface area contributed by atoms with Gasteiger partial charge in [0.25, 0.3) is 5.56 Å². The summed E-state index contributed by atoms with van der Waals surface area (Å²) in [6, 6.07) is 6.11. The average molecular weight is 384 g/mol. The lowest BCUT2D eigenvalue weighted by molar-refractivity contribution is 1.10. The molecule has 2 heterocycles. The van der Waals surface area contributed by atoms with Crippen molar-refractivity contribution in [1.29, 1.82) is 0 Å². The van der Waals surface area contributed by atoms with Crippen molar-refractivity contribution < 1.29 is 0 Å². The monoisotopic (exact) mass is 384 g/mol. The van der Waals surface area contributed by atoms with E-state index in [1.165, 1.54) is 11.9 Å². The average Bonchev–Trinajstić information content (AvgIpc) is 2.76. The number of hydrogen-bond acceptors (Lipinski definition) is 5. The summed E-state index contributed by atoms with van der Waals surface area (Å²) in [5, 5.41) is 3.82. The van der Waals surface area contributed by atoms with Gasteiger partial charge in [0.15, 0.2) is 10.9 Å². The second kappa shape index (κ2) is 4.89. The summed E-state index contributed by atoms with van der Waals surface area (Å²) in [6.45, 7) is 2.05. The van der Waals surface area contributed by atoms with Crippen LogP contribution >= 0.6 is 33.9 Å². The minimum absolute atomic E-state index is 0.157. The van der Waals surface area contributed by atoms with E-state index in [-0.39, 0.29) is 5.56 Å². The number of nitrogens with zero attached hydrogens (tertiary/aromatic N) is 2. The number of anilines is 2. The molecule has 0 radical (unpaired) electrons. The van der Waals surface area contributed by atoms with Gasteiger partial charge in [-0.2, -0.15) is 0 Å². The number of thiazole rings is 1. The molecular formula is C12H9IN4OS. The van der Waals surface area contributed by atoms with Gasteiger partial charge in [0.05, 0.1) is 16.5 Å². The first kappa shape index (κ1) is 12.5. The first-order valence-corrected chi connectivity index (χ1v) is 7.40. The fourth-order valence-corrected chi connectivity index (χ4v) is 3.05. The third-order valence-corrected chi connectivity index (χ3v) is 4.50. The largest absolute Gasteiger partial charge is 0.315 e. The predicted octanol–water partition coefficient (Wildman–Crippen LogP) is 3.04. The van der Waals surface area contributed by atoms with Crippen molar-refractivity contribution in [2.24, 2.45) is 0 Å². The fourth-order valence-electron chi connectivity index (χ4n) is 1.66. The normalized spacial score (nSPS) is 10.8. The molecule has 0 amide bonds. The minimum atomic E-state index is -0.157. The number of aromatic amines is 1. The molecule has 3 aromatic rings. The first-order valence-electron chi connectivity index (χ1n) is 5.51. The molecule has 0 unspecified atom stereocenters. The number of aromatic nitrogens is 3. The molecule has 2 N–H and O–H groups in total. The Kier molecular flexibility index (Phi) is 3.23. The Morgan fingerprint density at radius 1 is 1.42 bits per heavy atom. The molecule has 3 rings (SSSR count). The maximum Gasteiger partial charge on any atom is 0.266 e. The number of H-pyrrole nitrogens is 1. The summed E-state index contributed by atoms with van der Waals surface area (Å²) in [5.41, 5.74) is 1.99. The van der Waals surface area contributed by atoms with Crippen molar-refractivity contribution in [1.82, 2.24) is 15.0 Å². The molecule has 2 aromatic heterocycles. The molecule has 0 aliphatic heterocycles. The molecule has 1 aromatic carbocycles. The second-order valence-electron chi connectivity index (χ2n) is 4.01. The predicted molar refractivity (Wildman–Crippen MR) is 85.2 cm³/mol. The van der Waals surface area contributed by atoms with Crippen LogP contribution in [0.5, 0.6) is 0 Å². The highest BCUT2D eigenvalue weighted by atomic mass is 127. The highest BCUT2D eigenvalue weighted by molar-refractivity contribution is 14.1. The standard InChI is InChI=1S/C12H9IN4OS/c1-6-2-3-7-8(4-6)19-12(16-7)17-10-9(13)11(18)15-5-14-10/h2-5H,1H3,(H2,14,15,16,17,18). The lowest BCUT2D eigenvalue weighted by Crippen LogP contribution is -2.12. The third kappa shape index (κ3) is 2.47. The topological polar surface area (TPSA) is 70.7 Å². The van der Waals surface area contributed by atoms with E-state index >= 15 is 0 Å². The summed E-state index contributed by atoms with van der Waals surface area (Å²) >= 11 is 3.51. The molecule has 0 fully saturated rings. The quantitative estimate of drug-likeness (QED) is 0.667. The van der Waals surface area contributed by atoms with Gasteiger partial charge in [-0.15, -0.1) is 0 Å². The van der Waals surface area contributed by atoms with Gasteiger partial charge in [0, 0.05) is 0 Å². The number of halogens is 1. The zero-order valence-electron chi connectivity index (χ0n) is 9.90. The Hall–Kier alpha value is -1.48. The molecule has 5 nitrogen and oxygen atoms in total. The summed E-state index contributed by atoms with van der Waals surface area (Å²) in [6.07, 6.45) is 1.38. The van der Waals surface area contributed by atoms with E-state index in [2.05, 4.69) is 26.3 Å². The molecular weight excluding hydrogens is 375 g/mol. The van der Waals surface area contributed by atoms with E-state index in [1.54, 1.807) is 11.3 Å². The molecule has 0 atom stereocenters. The van der Waals surface area contributed by atoms with Crippen molar-refractivity contribution in [3.8, 4) is 0 Å². The summed E-state index contributed by atoms with van der Waals surface area (Å²) in [7, 11) is 0. The maximum atomic E-state index is 11.5. The van der Waals surface area contributed by atoms with E-state index in [0.717, 1.165) is 15.3 Å². The SMILES string of the molecule is Cc1ccc2nc(Nc3nc[nH]c(=O)c3I)sc2c1. The number of aryl methyl sites for hydroxylation is 1. The minimum Gasteiger partial charge on any atom is -0.315 e. The zero-order valence-corrected chi connectivity index (χ0v) is 12.9. The van der Waals surface area contributed by atoms with Gasteiger partial charge in [-0.05, 0) is 47.2 Å². The third-order valence-electron chi connectivity index (χ3n) is 2.57. The van der Waals surface area contributed by atoms with Crippen molar-refractivity contribution in [3.05, 3.63) is 44.0 Å². The van der Waals surface area contributed by atoms with Crippen LogP contribution in [0.1, 0.15) is 5.56 Å². The van der Waals surface area contributed by atoms with Gasteiger partial charge in [0.2, 0.25) is 0 Å². The zero-order chi connectivity index (χ0) is 13.4. The van der Waals surface area contributed by atoms with Crippen molar-refractivity contribution in [3.63, 3.8) is 0 Å². The van der Waals surface area contributed by atoms with Crippen LogP contribution in [0.25, 0.3) is 10.2 Å². The first-order chi connectivity index (χ1) is 9.13. The lowest BCUT2D eigenvalue weighted by Gasteiger charge is -2.01. The number of nitrogens with one attached hydrogen (secondary N) is 2. The Morgan fingerprint density at radius 3 is 3.11 bits per heavy atom. The molecule has 19 heavy (non-hydrogen) atoms. The molecule has 0 aliphatic carbocycles. The highest BCUT2D eigenvalue weighted by Gasteiger charge is 2.09. The summed E-state index contributed by atoms with van der Waals surface area (Å²) in [5.74, 6) is 0.528. The Balaban J connectivity index is 2.01. The molecule has 7 heteroatoms. The molecule has 0 aliphatic rings. The van der Waals surface area contributed by atoms with E-state index in [0.29, 0.717) is 9.39 Å². The summed E-state index contributed by atoms with van der Waals surface area (Å²) in [4.78, 5) is 22.6. The van der Waals surface area contributed by atoms with Crippen molar-refractivity contribution in [2.75, 3.05) is 5.32 Å². The lowest BCUT2D eigenvalue weighted by atomic mass is 10.2. The number of hydrogen-bond donors (Lipinski definition) is 2. The van der Waals surface area contributed by atoms with Crippen LogP contribution in [0.3, 0.4) is 0 Å². The van der Waals surface area contributed by atoms with Gasteiger partial charge in [-0.3, -0.25) is 4.79 Å². The van der Waals surface area contributed by atoms with Crippen LogP contribution in [0.15, 0.2) is 29.3 Å². The van der Waals surface area contributed by atoms with Gasteiger partial charge in [-0.25, -0.2) is 9.97 Å². The van der Waals surface area contributed by atoms with E-state index in [4.69, 9.17) is 0 Å². The fraction of sp³-hybridized carbons (Fsp3) is 0.0833. The highest BCUT2D eigenvalue weighted by Crippen LogP contribution is 2.28. The van der Waals surface area contributed by atoms with Crippen LogP contribution in [0, 0.1) is 10.5 Å². The van der Waals surface area contributed by atoms with Crippen molar-refractivity contribution in [2.45, 2.75) is 6.92 Å². The molecule has 0 bridgehead atoms. The number of rotatable bonds is 2. The molecule has 0 saturated carbocycles. The van der Waals surface area contributed by atoms with E-state index in [9.17, 15) is 4.79 Å². The van der Waals surface area contributed by atoms with Gasteiger partial charge >= 0.3 is 0 Å². The molecule has 0 spiro atoms. The van der Waals surface area contributed by atoms with Gasteiger partial charge in [0.1, 0.15) is 3.57 Å². The molecule has 0 saturated heterocycles. The number of benzene rings is 1.